The molecule has 1 N–H and O–H groups in total. The molecule has 1 heterocycles. The molecule has 2 rings (SSSR count). The molecule has 0 aromatic carbocycles. The minimum Gasteiger partial charge on any atom is -0.371 e. The van der Waals surface area contributed by atoms with Gasteiger partial charge in [0.25, 0.3) is 0 Å². The highest BCUT2D eigenvalue weighted by Crippen LogP contribution is 2.57. The molecule has 16 heavy (non-hydrogen) atoms. The Kier molecular flexibility index (Phi) is 2.91. The van der Waals surface area contributed by atoms with Gasteiger partial charge in [-0.25, -0.2) is 0 Å². The molecule has 1 aliphatic carbocycles. The molecule has 4 heteroatoms. The molecule has 1 saturated heterocycles. The lowest BCUT2D eigenvalue weighted by Crippen LogP contribution is -2.45. The van der Waals surface area contributed by atoms with Gasteiger partial charge in [0.15, 0.2) is 0 Å². The topological polar surface area (TPSA) is 40.5 Å². The van der Waals surface area contributed by atoms with Crippen molar-refractivity contribution < 1.29 is 9.90 Å². The van der Waals surface area contributed by atoms with Crippen molar-refractivity contribution in [2.45, 2.75) is 63.0 Å². The molecule has 0 spiro atoms. The molecule has 1 amide bonds. The maximum Gasteiger partial charge on any atom is 0.224 e. The lowest BCUT2D eigenvalue weighted by Gasteiger charge is -2.30. The van der Waals surface area contributed by atoms with Crippen molar-refractivity contribution in [2.24, 2.45) is 0 Å². The number of likely N-dealkylation sites (tertiary alicyclic amines) is 1. The first-order valence-electron chi connectivity index (χ1n) is 6.38. The summed E-state index contributed by atoms with van der Waals surface area (Å²) in [6.45, 7) is 7.59. The zero-order valence-electron chi connectivity index (χ0n) is 10.6. The van der Waals surface area contributed by atoms with E-state index in [2.05, 4.69) is 19.6 Å². The lowest BCUT2D eigenvalue weighted by molar-refractivity contribution is -0.143. The Morgan fingerprint density at radius 2 is 2.00 bits per heavy atom. The summed E-state index contributed by atoms with van der Waals surface area (Å²) >= 11 is 0. The van der Waals surface area contributed by atoms with E-state index in [0.717, 1.165) is 32.2 Å². The fourth-order valence-electron chi connectivity index (χ4n) is 2.93. The molecule has 0 radical (unpaired) electrons. The third-order valence-corrected chi connectivity index (χ3v) is 6.75. The maximum absolute atomic E-state index is 12.0. The van der Waals surface area contributed by atoms with Crippen molar-refractivity contribution in [2.75, 3.05) is 6.54 Å². The van der Waals surface area contributed by atoms with Crippen molar-refractivity contribution in [3.05, 3.63) is 0 Å². The summed E-state index contributed by atoms with van der Waals surface area (Å²) in [5.41, 5.74) is -0.395. The van der Waals surface area contributed by atoms with Gasteiger partial charge >= 0.3 is 0 Å². The molecule has 92 valence electrons. The van der Waals surface area contributed by atoms with Crippen molar-refractivity contribution in [3.63, 3.8) is 0 Å². The fourth-order valence-corrected chi connectivity index (χ4v) is 5.39. The van der Waals surface area contributed by atoms with E-state index in [1.165, 1.54) is 0 Å². The van der Waals surface area contributed by atoms with Crippen molar-refractivity contribution >= 4 is 14.0 Å². The quantitative estimate of drug-likeness (QED) is 0.753. The largest absolute Gasteiger partial charge is 0.371 e. The molecule has 0 bridgehead atoms. The second-order valence-electron chi connectivity index (χ2n) is 6.36. The summed E-state index contributed by atoms with van der Waals surface area (Å²) in [6, 6.07) is 0. The van der Waals surface area contributed by atoms with Gasteiger partial charge in [-0.15, -0.1) is 0 Å². The number of carbonyl (C=O) groups is 1. The maximum atomic E-state index is 12.0. The number of hydrogen-bond acceptors (Lipinski definition) is 2. The van der Waals surface area contributed by atoms with Gasteiger partial charge in [0, 0.05) is 24.9 Å². The van der Waals surface area contributed by atoms with Crippen molar-refractivity contribution in [1.82, 2.24) is 4.90 Å². The smallest absolute Gasteiger partial charge is 0.224 e. The van der Waals surface area contributed by atoms with Gasteiger partial charge in [0.1, 0.15) is 5.72 Å². The number of nitrogens with zero attached hydrogens (tertiary/aromatic N) is 1. The first-order valence-corrected chi connectivity index (χ1v) is 9.96. The Balaban J connectivity index is 2.10. The van der Waals surface area contributed by atoms with Crippen molar-refractivity contribution in [1.29, 1.82) is 0 Å². The third-order valence-electron chi connectivity index (χ3n) is 3.99. The predicted octanol–water partition coefficient (Wildman–Crippen LogP) is 2.19. The van der Waals surface area contributed by atoms with E-state index >= 15 is 0 Å². The summed E-state index contributed by atoms with van der Waals surface area (Å²) in [6.07, 6.45) is 4.60. The molecular weight excluding hydrogens is 218 g/mol. The molecule has 2 fully saturated rings. The minimum atomic E-state index is -1.33. The van der Waals surface area contributed by atoms with Gasteiger partial charge in [-0.1, -0.05) is 26.1 Å². The minimum absolute atomic E-state index is 0.167. The zero-order chi connectivity index (χ0) is 12.0. The second kappa shape index (κ2) is 3.84. The van der Waals surface area contributed by atoms with E-state index in [-0.39, 0.29) is 5.91 Å². The monoisotopic (exact) mass is 241 g/mol. The molecule has 2 aliphatic rings. The Labute approximate surface area is 98.8 Å². The van der Waals surface area contributed by atoms with Crippen LogP contribution in [-0.4, -0.2) is 36.3 Å². The van der Waals surface area contributed by atoms with E-state index in [1.54, 1.807) is 4.90 Å². The number of amides is 1. The van der Waals surface area contributed by atoms with Crippen LogP contribution >= 0.6 is 0 Å². The highest BCUT2D eigenvalue weighted by Gasteiger charge is 2.63. The van der Waals surface area contributed by atoms with Gasteiger partial charge in [0.2, 0.25) is 5.91 Å². The van der Waals surface area contributed by atoms with Crippen LogP contribution < -0.4 is 0 Å². The second-order valence-corrected chi connectivity index (χ2v) is 11.8. The molecule has 0 aromatic heterocycles. The van der Waals surface area contributed by atoms with Crippen LogP contribution in [0.1, 0.15) is 32.1 Å². The fraction of sp³-hybridized carbons (Fsp3) is 0.917. The summed E-state index contributed by atoms with van der Waals surface area (Å²) in [4.78, 5) is 13.7. The average Bonchev–Trinajstić information content (AvgIpc) is 2.86. The predicted molar refractivity (Wildman–Crippen MR) is 66.8 cm³/mol. The number of rotatable bonds is 2. The Bertz CT molecular complexity index is 300. The Morgan fingerprint density at radius 1 is 1.31 bits per heavy atom. The van der Waals surface area contributed by atoms with E-state index in [1.807, 2.05) is 0 Å². The van der Waals surface area contributed by atoms with Crippen LogP contribution in [0.4, 0.5) is 0 Å². The molecule has 2 atom stereocenters. The number of hydrogen-bond donors (Lipinski definition) is 1. The first-order chi connectivity index (χ1) is 7.36. The molecule has 1 saturated carbocycles. The molecule has 2 unspecified atom stereocenters. The number of carbonyl (C=O) groups excluding carboxylic acids is 1. The van der Waals surface area contributed by atoms with Gasteiger partial charge in [0.05, 0.1) is 8.07 Å². The van der Waals surface area contributed by atoms with Crippen LogP contribution in [0.3, 0.4) is 0 Å². The van der Waals surface area contributed by atoms with Crippen LogP contribution in [0.2, 0.25) is 25.2 Å². The Morgan fingerprint density at radius 3 is 2.56 bits per heavy atom. The lowest BCUT2D eigenvalue weighted by atomic mass is 10.2. The highest BCUT2D eigenvalue weighted by molar-refractivity contribution is 6.78. The highest BCUT2D eigenvalue weighted by atomic mass is 28.3. The summed E-state index contributed by atoms with van der Waals surface area (Å²) in [5, 5.41) is 10.6. The molecule has 1 aliphatic heterocycles. The molecular formula is C12H23NO2Si. The van der Waals surface area contributed by atoms with Crippen LogP contribution in [0, 0.1) is 0 Å². The Hall–Kier alpha value is -0.353. The summed E-state index contributed by atoms with van der Waals surface area (Å²) < 4.78 is 0. The van der Waals surface area contributed by atoms with Gasteiger partial charge < -0.3 is 10.0 Å². The van der Waals surface area contributed by atoms with E-state index in [0.29, 0.717) is 12.0 Å². The molecule has 0 aromatic rings. The van der Waals surface area contributed by atoms with E-state index < -0.39 is 13.8 Å². The summed E-state index contributed by atoms with van der Waals surface area (Å²) in [5.74, 6) is 0.167. The zero-order valence-corrected chi connectivity index (χ0v) is 11.6. The molecule has 3 nitrogen and oxygen atoms in total. The van der Waals surface area contributed by atoms with Crippen molar-refractivity contribution in [3.8, 4) is 0 Å². The van der Waals surface area contributed by atoms with E-state index in [9.17, 15) is 9.90 Å². The van der Waals surface area contributed by atoms with Crippen LogP contribution in [0.5, 0.6) is 0 Å². The average molecular weight is 241 g/mol. The van der Waals surface area contributed by atoms with E-state index in [4.69, 9.17) is 0 Å². The number of aliphatic hydroxyl groups is 1. The SMILES string of the molecule is C[Si](C)(C)C1CC1(O)N1CCCCCC1=O. The summed E-state index contributed by atoms with van der Waals surface area (Å²) in [7, 11) is -1.33. The van der Waals surface area contributed by atoms with Crippen LogP contribution in [-0.2, 0) is 4.79 Å². The van der Waals surface area contributed by atoms with Crippen LogP contribution in [0.25, 0.3) is 0 Å². The standard InChI is InChI=1S/C12H23NO2Si/c1-16(2,3)10-9-12(10,15)13-8-6-4-5-7-11(13)14/h10,15H,4-9H2,1-3H3. The van der Waals surface area contributed by atoms with Gasteiger partial charge in [-0.3, -0.25) is 4.79 Å². The van der Waals surface area contributed by atoms with Gasteiger partial charge in [-0.2, -0.15) is 0 Å². The first kappa shape index (κ1) is 12.1. The normalized spacial score (nSPS) is 36.1. The third kappa shape index (κ3) is 2.05. The van der Waals surface area contributed by atoms with Crippen LogP contribution in [0.15, 0.2) is 0 Å². The van der Waals surface area contributed by atoms with Gasteiger partial charge in [-0.05, 0) is 12.8 Å².